The van der Waals surface area contributed by atoms with Crippen molar-refractivity contribution in [2.24, 2.45) is 11.3 Å². The fraction of sp³-hybridized carbons (Fsp3) is 0.526. The monoisotopic (exact) mass is 388 g/mol. The predicted octanol–water partition coefficient (Wildman–Crippen LogP) is 5.01. The van der Waals surface area contributed by atoms with E-state index in [4.69, 9.17) is 15.2 Å². The fourth-order valence-electron chi connectivity index (χ4n) is 3.61. The molecule has 0 fully saturated rings. The molecule has 0 amide bonds. The van der Waals surface area contributed by atoms with E-state index in [-0.39, 0.29) is 0 Å². The lowest BCUT2D eigenvalue weighted by molar-refractivity contribution is 0.218. The van der Waals surface area contributed by atoms with E-state index in [9.17, 15) is 0 Å². The Bertz CT molecular complexity index is 954. The van der Waals surface area contributed by atoms with Gasteiger partial charge in [-0.15, -0.1) is 11.3 Å². The minimum absolute atomic E-state index is 0.335. The third kappa shape index (κ3) is 3.34. The molecule has 138 valence electrons. The van der Waals surface area contributed by atoms with Crippen molar-refractivity contribution in [2.45, 2.75) is 57.9 Å². The van der Waals surface area contributed by atoms with Crippen LogP contribution >= 0.6 is 23.1 Å². The first-order chi connectivity index (χ1) is 12.3. The van der Waals surface area contributed by atoms with Crippen molar-refractivity contribution < 1.29 is 4.52 Å². The van der Waals surface area contributed by atoms with E-state index in [0.29, 0.717) is 28.1 Å². The maximum absolute atomic E-state index is 6.33. The van der Waals surface area contributed by atoms with Crippen LogP contribution in [0.25, 0.3) is 10.2 Å². The molecule has 0 radical (unpaired) electrons. The van der Waals surface area contributed by atoms with Crippen LogP contribution < -0.4 is 5.73 Å². The van der Waals surface area contributed by atoms with Gasteiger partial charge >= 0.3 is 0 Å². The molecule has 3 aromatic rings. The van der Waals surface area contributed by atoms with Crippen LogP contribution in [0.5, 0.6) is 0 Å². The summed E-state index contributed by atoms with van der Waals surface area (Å²) in [5.74, 6) is 2.80. The Balaban J connectivity index is 1.62. The van der Waals surface area contributed by atoms with Gasteiger partial charge in [-0.2, -0.15) is 0 Å². The average molecular weight is 389 g/mol. The van der Waals surface area contributed by atoms with Gasteiger partial charge in [0.25, 0.3) is 0 Å². The second-order valence-electron chi connectivity index (χ2n) is 8.10. The number of thiophene rings is 1. The van der Waals surface area contributed by atoms with Crippen molar-refractivity contribution in [1.29, 1.82) is 0 Å². The molecule has 7 heteroatoms. The van der Waals surface area contributed by atoms with Gasteiger partial charge in [-0.05, 0) is 43.1 Å². The van der Waals surface area contributed by atoms with Gasteiger partial charge in [0.15, 0.2) is 5.16 Å². The highest BCUT2D eigenvalue weighted by atomic mass is 32.2. The quantitative estimate of drug-likeness (QED) is 0.502. The Morgan fingerprint density at radius 3 is 2.85 bits per heavy atom. The third-order valence-electron chi connectivity index (χ3n) is 5.16. The lowest BCUT2D eigenvalue weighted by Crippen LogP contribution is -2.26. The molecule has 0 saturated carbocycles. The highest BCUT2D eigenvalue weighted by Gasteiger charge is 2.31. The standard InChI is InChI=1S/C19H24N4OS2/c1-10-7-12(24-23-10)9-25-18-21-16(20)15-13-6-5-11(19(2,3)4)8-14(13)26-17(15)22-18/h7,11H,5-6,8-9H2,1-4H3,(H2,20,21,22). The normalized spacial score (nSPS) is 17.6. The summed E-state index contributed by atoms with van der Waals surface area (Å²) < 4.78 is 5.26. The van der Waals surface area contributed by atoms with Crippen LogP contribution in [-0.4, -0.2) is 15.1 Å². The Morgan fingerprint density at radius 1 is 1.35 bits per heavy atom. The summed E-state index contributed by atoms with van der Waals surface area (Å²) in [6.45, 7) is 8.93. The highest BCUT2D eigenvalue weighted by molar-refractivity contribution is 7.98. The number of nitrogen functional groups attached to an aromatic ring is 1. The molecule has 0 bridgehead atoms. The maximum Gasteiger partial charge on any atom is 0.191 e. The molecule has 1 unspecified atom stereocenters. The number of nitrogens with two attached hydrogens (primary N) is 1. The lowest BCUT2D eigenvalue weighted by atomic mass is 9.72. The van der Waals surface area contributed by atoms with Crippen molar-refractivity contribution in [3.05, 3.63) is 28.0 Å². The Hall–Kier alpha value is -1.60. The zero-order valence-electron chi connectivity index (χ0n) is 15.6. The average Bonchev–Trinajstić information content (AvgIpc) is 3.14. The molecule has 0 aliphatic heterocycles. The Labute approximate surface area is 161 Å². The van der Waals surface area contributed by atoms with Crippen LogP contribution in [-0.2, 0) is 18.6 Å². The zero-order chi connectivity index (χ0) is 18.5. The highest BCUT2D eigenvalue weighted by Crippen LogP contribution is 2.44. The molecule has 5 nitrogen and oxygen atoms in total. The lowest BCUT2D eigenvalue weighted by Gasteiger charge is -2.33. The molecule has 0 spiro atoms. The smallest absolute Gasteiger partial charge is 0.191 e. The number of fused-ring (bicyclic) bond motifs is 3. The van der Waals surface area contributed by atoms with Gasteiger partial charge in [0.1, 0.15) is 16.4 Å². The number of rotatable bonds is 3. The van der Waals surface area contributed by atoms with Gasteiger partial charge in [0.2, 0.25) is 0 Å². The number of hydrogen-bond donors (Lipinski definition) is 1. The summed E-state index contributed by atoms with van der Waals surface area (Å²) in [6, 6.07) is 1.94. The number of nitrogens with zero attached hydrogens (tertiary/aromatic N) is 3. The van der Waals surface area contributed by atoms with E-state index in [1.165, 1.54) is 28.6 Å². The van der Waals surface area contributed by atoms with Gasteiger partial charge < -0.3 is 10.3 Å². The van der Waals surface area contributed by atoms with Crippen LogP contribution in [0.3, 0.4) is 0 Å². The van der Waals surface area contributed by atoms with E-state index in [1.807, 2.05) is 13.0 Å². The second-order valence-corrected chi connectivity index (χ2v) is 10.1. The number of hydrogen-bond acceptors (Lipinski definition) is 7. The van der Waals surface area contributed by atoms with Crippen molar-refractivity contribution in [3.8, 4) is 0 Å². The van der Waals surface area contributed by atoms with Crippen molar-refractivity contribution in [2.75, 3.05) is 5.73 Å². The molecule has 2 N–H and O–H groups in total. The molecule has 1 aliphatic rings. The van der Waals surface area contributed by atoms with E-state index in [2.05, 4.69) is 30.9 Å². The largest absolute Gasteiger partial charge is 0.383 e. The molecule has 0 saturated heterocycles. The first kappa shape index (κ1) is 17.8. The number of aromatic nitrogens is 3. The summed E-state index contributed by atoms with van der Waals surface area (Å²) in [5.41, 5.74) is 8.93. The molecule has 0 aromatic carbocycles. The second kappa shape index (κ2) is 6.53. The van der Waals surface area contributed by atoms with Gasteiger partial charge in [0.05, 0.1) is 16.8 Å². The molecule has 1 aliphatic carbocycles. The van der Waals surface area contributed by atoms with Crippen molar-refractivity contribution in [1.82, 2.24) is 15.1 Å². The summed E-state index contributed by atoms with van der Waals surface area (Å²) in [5, 5.41) is 5.70. The minimum Gasteiger partial charge on any atom is -0.383 e. The molecular formula is C19H24N4OS2. The van der Waals surface area contributed by atoms with Crippen LogP contribution in [0.15, 0.2) is 15.7 Å². The van der Waals surface area contributed by atoms with Crippen LogP contribution in [0.1, 0.15) is 49.1 Å². The SMILES string of the molecule is Cc1cc(CSc2nc(N)c3c4c(sc3n2)CC(C(C)(C)C)CC4)on1. The van der Waals surface area contributed by atoms with Gasteiger partial charge in [-0.1, -0.05) is 37.7 Å². The molecule has 3 heterocycles. The topological polar surface area (TPSA) is 77.8 Å². The number of anilines is 1. The van der Waals surface area contributed by atoms with Gasteiger partial charge in [-0.25, -0.2) is 9.97 Å². The van der Waals surface area contributed by atoms with Crippen LogP contribution in [0.4, 0.5) is 5.82 Å². The van der Waals surface area contributed by atoms with Gasteiger partial charge in [-0.3, -0.25) is 0 Å². The van der Waals surface area contributed by atoms with E-state index in [0.717, 1.165) is 34.5 Å². The molecule has 3 aromatic heterocycles. The molecule has 4 rings (SSSR count). The summed E-state index contributed by atoms with van der Waals surface area (Å²) in [6.07, 6.45) is 3.41. The molecular weight excluding hydrogens is 364 g/mol. The van der Waals surface area contributed by atoms with E-state index in [1.54, 1.807) is 11.3 Å². The van der Waals surface area contributed by atoms with Crippen LogP contribution in [0.2, 0.25) is 0 Å². The third-order valence-corrected chi connectivity index (χ3v) is 7.18. The van der Waals surface area contributed by atoms with Crippen LogP contribution in [0, 0.1) is 18.3 Å². The Morgan fingerprint density at radius 2 is 2.15 bits per heavy atom. The minimum atomic E-state index is 0.335. The van der Waals surface area contributed by atoms with E-state index < -0.39 is 0 Å². The molecule has 1 atom stereocenters. The summed E-state index contributed by atoms with van der Waals surface area (Å²) >= 11 is 3.33. The van der Waals surface area contributed by atoms with Crippen molar-refractivity contribution in [3.63, 3.8) is 0 Å². The zero-order valence-corrected chi connectivity index (χ0v) is 17.3. The summed E-state index contributed by atoms with van der Waals surface area (Å²) in [7, 11) is 0. The van der Waals surface area contributed by atoms with Gasteiger partial charge in [0, 0.05) is 10.9 Å². The molecule has 26 heavy (non-hydrogen) atoms. The Kier molecular flexibility index (Phi) is 4.47. The summed E-state index contributed by atoms with van der Waals surface area (Å²) in [4.78, 5) is 11.8. The predicted molar refractivity (Wildman–Crippen MR) is 108 cm³/mol. The fourth-order valence-corrected chi connectivity index (χ4v) is 5.70. The number of aryl methyl sites for hydroxylation is 2. The first-order valence-electron chi connectivity index (χ1n) is 8.94. The van der Waals surface area contributed by atoms with E-state index >= 15 is 0 Å². The first-order valence-corrected chi connectivity index (χ1v) is 10.7. The number of thioether (sulfide) groups is 1. The maximum atomic E-state index is 6.33. The van der Waals surface area contributed by atoms with Crippen molar-refractivity contribution >= 4 is 39.1 Å².